The molecule has 5 saturated heterocycles. The number of methoxy groups -OCH3 is 1. The molecular weight excluding hydrogens is 1660 g/mol. The van der Waals surface area contributed by atoms with Crippen molar-refractivity contribution in [2.45, 2.75) is 140 Å². The summed E-state index contributed by atoms with van der Waals surface area (Å²) in [5.41, 5.74) is 5.92. The van der Waals surface area contributed by atoms with Crippen LogP contribution in [0.3, 0.4) is 0 Å². The van der Waals surface area contributed by atoms with Crippen molar-refractivity contribution in [1.29, 1.82) is 0 Å². The molecule has 664 valence electrons. The molecule has 5 aliphatic rings. The third kappa shape index (κ3) is 21.0. The number of para-hydroxylation sites is 3. The predicted molar refractivity (Wildman–Crippen MR) is 461 cm³/mol. The first kappa shape index (κ1) is 87.7. The van der Waals surface area contributed by atoms with Crippen LogP contribution in [0.5, 0.6) is 17.2 Å². The first-order valence-electron chi connectivity index (χ1n) is 42.3. The molecule has 0 radical (unpaired) electrons. The van der Waals surface area contributed by atoms with Crippen molar-refractivity contribution in [3.63, 3.8) is 0 Å². The summed E-state index contributed by atoms with van der Waals surface area (Å²) in [6.07, 6.45) is 14.8. The van der Waals surface area contributed by atoms with Gasteiger partial charge in [-0.2, -0.15) is 25.5 Å². The van der Waals surface area contributed by atoms with Gasteiger partial charge < -0.3 is 62.8 Å². The number of nitrogens with one attached hydrogen (secondary N) is 5. The molecule has 11 aromatic heterocycles. The van der Waals surface area contributed by atoms with Crippen molar-refractivity contribution in [2.24, 2.45) is 0 Å². The lowest BCUT2D eigenvalue weighted by Crippen LogP contribution is -2.21. The van der Waals surface area contributed by atoms with Crippen LogP contribution in [0.4, 0.5) is 23.2 Å². The van der Waals surface area contributed by atoms with Crippen LogP contribution in [0.15, 0.2) is 170 Å². The molecule has 5 fully saturated rings. The molecule has 20 rings (SSSR count). The van der Waals surface area contributed by atoms with Crippen LogP contribution < -0.4 is 42.0 Å². The molecule has 35 nitrogen and oxygen atoms in total. The molecule has 0 atom stereocenters. The molecule has 0 unspecified atom stereocenters. The van der Waals surface area contributed by atoms with E-state index < -0.39 is 23.5 Å². The molecular formula is C89H92F4N22O13. The molecule has 5 N–H and O–H groups in total. The van der Waals surface area contributed by atoms with Gasteiger partial charge in [0.15, 0.2) is 33.9 Å². The maximum Gasteiger partial charge on any atom is 0.573 e. The fourth-order valence-electron chi connectivity index (χ4n) is 16.2. The highest BCUT2D eigenvalue weighted by Crippen LogP contribution is 2.33. The number of aromatic nitrogens is 21. The topological polar surface area (TPSA) is 409 Å². The van der Waals surface area contributed by atoms with E-state index in [2.05, 4.69) is 79.9 Å². The fourth-order valence-corrected chi connectivity index (χ4v) is 16.2. The zero-order chi connectivity index (χ0) is 88.6. The molecule has 39 heteroatoms. The van der Waals surface area contributed by atoms with Crippen molar-refractivity contribution in [3.8, 4) is 17.2 Å². The van der Waals surface area contributed by atoms with E-state index in [9.17, 15) is 41.5 Å². The van der Waals surface area contributed by atoms with Crippen LogP contribution in [0, 0.1) is 12.4 Å². The van der Waals surface area contributed by atoms with Gasteiger partial charge in [-0.3, -0.25) is 29.0 Å². The van der Waals surface area contributed by atoms with Crippen LogP contribution >= 0.6 is 0 Å². The Kier molecular flexibility index (Phi) is 27.8. The Morgan fingerprint density at radius 1 is 0.414 bits per heavy atom. The summed E-state index contributed by atoms with van der Waals surface area (Å²) in [6.45, 7) is 16.6. The highest BCUT2D eigenvalue weighted by Gasteiger charge is 2.33. The van der Waals surface area contributed by atoms with E-state index >= 15 is 0 Å². The number of hydrogen-bond donors (Lipinski definition) is 5. The van der Waals surface area contributed by atoms with Crippen LogP contribution in [0.1, 0.15) is 158 Å². The molecule has 5 aliphatic heterocycles. The largest absolute Gasteiger partial charge is 0.573 e. The second kappa shape index (κ2) is 40.7. The Labute approximate surface area is 726 Å². The number of rotatable bonds is 19. The summed E-state index contributed by atoms with van der Waals surface area (Å²) < 4.78 is 102. The lowest BCUT2D eigenvalue weighted by molar-refractivity contribution is -0.274. The van der Waals surface area contributed by atoms with E-state index in [1.165, 1.54) is 6.20 Å². The van der Waals surface area contributed by atoms with Gasteiger partial charge in [0, 0.05) is 121 Å². The minimum atomic E-state index is -4.89. The molecule has 0 saturated carbocycles. The van der Waals surface area contributed by atoms with Gasteiger partial charge in [-0.25, -0.2) is 57.6 Å². The number of ether oxygens (including phenoxy) is 8. The van der Waals surface area contributed by atoms with Crippen LogP contribution in [0.2, 0.25) is 0 Å². The molecule has 128 heavy (non-hydrogen) atoms. The highest BCUT2D eigenvalue weighted by atomic mass is 19.4. The number of pyridine rings is 1. The van der Waals surface area contributed by atoms with Crippen LogP contribution in [0.25, 0.3) is 60.0 Å². The standard InChI is InChI=1S/C19H22N4O3.C18H16F4N4O3.C18H17N5O2.C18H20N4O3.C16H17N5O2/c1-2-26-16-6-4-3-5-13(16)11-17-21-18-15(19(24)22-17)12-20-23(18)14-7-9-25-10-8-14;19-14-2-1-12(29-18(20,21)22)7-10(14)8-15-24-16-13(17(27)25-15)9-23-26(16)11-3-5-28-6-4-11;1-19-15-5-3-2-4-12(15)10-16-21-17-14(18(24)22-16)11-20-23(17)13-6-8-25-9-7-13;1-24-15-5-3-2-4-12(15)10-16-20-17-14(18(23)21-16)11-19-22(17)13-6-8-25-9-7-13;22-16-13-10-18-21(12-4-7-23-8-5-12)15(13)19-14(20-16)9-11-3-1-2-6-17-11/h3-6,12,14H,2,7-11H2,1H3,(H,21,22,24);1-2,7,9,11H,3-6,8H2,(H,24,25,27);2-5,11,13H,6-10H2,(H,21,22,24);2-5,11,13H,6-10H2,1H3,(H,20,21,23);1-3,6,10,12H,4-5,7-9H2,(H,19,20,22). The highest BCUT2D eigenvalue weighted by molar-refractivity contribution is 5.76. The monoisotopic (exact) mass is 1750 g/mol. The van der Waals surface area contributed by atoms with Gasteiger partial charge in [-0.05, 0) is 125 Å². The number of halogens is 4. The minimum Gasteiger partial charge on any atom is -0.496 e. The van der Waals surface area contributed by atoms with Crippen molar-refractivity contribution in [3.05, 3.63) is 272 Å². The second-order valence-electron chi connectivity index (χ2n) is 31.0. The van der Waals surface area contributed by atoms with Crippen LogP contribution in [-0.2, 0) is 55.8 Å². The summed E-state index contributed by atoms with van der Waals surface area (Å²) in [5.74, 6) is 2.79. The average molecular weight is 1750 g/mol. The first-order valence-corrected chi connectivity index (χ1v) is 42.3. The third-order valence-electron chi connectivity index (χ3n) is 22.6. The Balaban J connectivity index is 0.000000118. The van der Waals surface area contributed by atoms with Gasteiger partial charge in [0.1, 0.15) is 79.1 Å². The Hall–Kier alpha value is -13.8. The average Bonchev–Trinajstić information content (AvgIpc) is 1.14. The van der Waals surface area contributed by atoms with Gasteiger partial charge in [0.2, 0.25) is 0 Å². The molecule has 0 amide bonds. The van der Waals surface area contributed by atoms with Gasteiger partial charge >= 0.3 is 6.36 Å². The number of benzene rings is 4. The van der Waals surface area contributed by atoms with E-state index in [4.69, 9.17) is 49.7 Å². The lowest BCUT2D eigenvalue weighted by atomic mass is 10.1. The zero-order valence-electron chi connectivity index (χ0n) is 70.0. The quantitative estimate of drug-likeness (QED) is 0.0371. The van der Waals surface area contributed by atoms with Crippen LogP contribution in [-0.4, -0.2) is 190 Å². The van der Waals surface area contributed by atoms with Crippen molar-refractivity contribution < 1.29 is 55.5 Å². The molecule has 15 aromatic rings. The zero-order valence-corrected chi connectivity index (χ0v) is 70.0. The van der Waals surface area contributed by atoms with E-state index in [1.807, 2.05) is 111 Å². The van der Waals surface area contributed by atoms with E-state index in [1.54, 1.807) is 48.8 Å². The third-order valence-corrected chi connectivity index (χ3v) is 22.6. The number of hydrogen-bond acceptors (Lipinski definition) is 24. The molecule has 0 spiro atoms. The predicted octanol–water partition coefficient (Wildman–Crippen LogP) is 11.7. The SMILES string of the molecule is CCOc1ccccc1Cc1nc2c(cnn2C2CCOCC2)c(=O)[nH]1.COc1ccccc1Cc1nc2c(cnn2C2CCOCC2)c(=O)[nH]1.O=c1[nH]c(Cc2cc(OC(F)(F)F)ccc2F)nc2c1cnn2C1CCOCC1.O=c1[nH]c(Cc2ccccn2)nc2c1cnn2C1CCOCC1.[C-]#[N+]c1ccccc1Cc1nc2c(cnn2C2CCOCC2)c(=O)[nH]1. The van der Waals surface area contributed by atoms with E-state index in [-0.39, 0.29) is 75.6 Å². The van der Waals surface area contributed by atoms with Gasteiger partial charge in [-0.15, -0.1) is 13.2 Å². The summed E-state index contributed by atoms with van der Waals surface area (Å²) >= 11 is 0. The van der Waals surface area contributed by atoms with Gasteiger partial charge in [-0.1, -0.05) is 66.7 Å². The number of nitrogens with zero attached hydrogens (tertiary/aromatic N) is 17. The Morgan fingerprint density at radius 2 is 0.734 bits per heavy atom. The number of H-pyrrole nitrogens is 5. The first-order chi connectivity index (χ1) is 62.4. The summed E-state index contributed by atoms with van der Waals surface area (Å²) in [6, 6.07) is 32.2. The molecule has 16 heterocycles. The maximum absolute atomic E-state index is 14.1. The minimum absolute atomic E-state index is 0.0173. The second-order valence-corrected chi connectivity index (χ2v) is 31.0. The molecule has 4 aromatic carbocycles. The van der Waals surface area contributed by atoms with Crippen molar-refractivity contribution in [2.75, 3.05) is 79.8 Å². The number of alkyl halides is 3. The summed E-state index contributed by atoms with van der Waals surface area (Å²) in [4.78, 5) is 107. The fraction of sp³-hybridized carbons (Fsp3) is 0.382. The molecule has 0 bridgehead atoms. The maximum atomic E-state index is 14.1. The smallest absolute Gasteiger partial charge is 0.496 e. The molecule has 0 aliphatic carbocycles. The van der Waals surface area contributed by atoms with E-state index in [0.29, 0.717) is 177 Å². The number of aromatic amines is 5. The lowest BCUT2D eigenvalue weighted by Gasteiger charge is -2.22. The van der Waals surface area contributed by atoms with Gasteiger partial charge in [0.05, 0.1) is 81.5 Å². The van der Waals surface area contributed by atoms with Crippen molar-refractivity contribution >= 4 is 60.9 Å². The van der Waals surface area contributed by atoms with Crippen molar-refractivity contribution in [1.82, 2.24) is 104 Å². The van der Waals surface area contributed by atoms with Gasteiger partial charge in [0.25, 0.3) is 27.8 Å². The normalized spacial score (nSPS) is 15.6. The Bertz CT molecular complexity index is 6720. The summed E-state index contributed by atoms with van der Waals surface area (Å²) in [7, 11) is 1.64. The number of fused-ring (bicyclic) bond motifs is 5. The Morgan fingerprint density at radius 3 is 1.08 bits per heavy atom. The van der Waals surface area contributed by atoms with E-state index in [0.717, 1.165) is 117 Å². The summed E-state index contributed by atoms with van der Waals surface area (Å²) in [5, 5.41) is 24.2.